The number of urea groups is 1. The van der Waals surface area contributed by atoms with Gasteiger partial charge in [-0.2, -0.15) is 0 Å². The van der Waals surface area contributed by atoms with Crippen LogP contribution in [0.2, 0.25) is 5.02 Å². The zero-order valence-corrected chi connectivity index (χ0v) is 12.6. The van der Waals surface area contributed by atoms with Crippen molar-refractivity contribution >= 4 is 34.4 Å². The van der Waals surface area contributed by atoms with Gasteiger partial charge in [0, 0.05) is 28.2 Å². The molecule has 5 nitrogen and oxygen atoms in total. The van der Waals surface area contributed by atoms with Gasteiger partial charge in [0.15, 0.2) is 0 Å². The van der Waals surface area contributed by atoms with Crippen LogP contribution in [0.25, 0.3) is 10.9 Å². The average Bonchev–Trinajstić information content (AvgIpc) is 3.32. The van der Waals surface area contributed by atoms with E-state index in [1.54, 1.807) is 17.2 Å². The van der Waals surface area contributed by atoms with E-state index in [4.69, 9.17) is 11.6 Å². The Kier molecular flexibility index (Phi) is 3.04. The molecule has 2 aliphatic rings. The van der Waals surface area contributed by atoms with Crippen molar-refractivity contribution in [2.24, 2.45) is 0 Å². The zero-order chi connectivity index (χ0) is 15.3. The largest absolute Gasteiger partial charge is 0.327 e. The Bertz CT molecular complexity index is 788. The summed E-state index contributed by atoms with van der Waals surface area (Å²) < 4.78 is 0. The molecule has 1 aliphatic carbocycles. The molecule has 6 heteroatoms. The van der Waals surface area contributed by atoms with Gasteiger partial charge < -0.3 is 4.90 Å². The molecular weight excluding hydrogens is 302 g/mol. The fourth-order valence-corrected chi connectivity index (χ4v) is 3.09. The molecule has 1 saturated heterocycles. The Hall–Kier alpha value is -2.14. The molecule has 1 aromatic heterocycles. The highest BCUT2D eigenvalue weighted by Crippen LogP contribution is 2.32. The summed E-state index contributed by atoms with van der Waals surface area (Å²) in [5.74, 6) is -0.166. The van der Waals surface area contributed by atoms with Crippen LogP contribution in [0.4, 0.5) is 4.79 Å². The summed E-state index contributed by atoms with van der Waals surface area (Å²) in [4.78, 5) is 31.9. The Balaban J connectivity index is 1.70. The average molecular weight is 316 g/mol. The first-order chi connectivity index (χ1) is 10.6. The molecule has 22 heavy (non-hydrogen) atoms. The molecule has 4 rings (SSSR count). The number of nitrogens with zero attached hydrogens (tertiary/aromatic N) is 3. The van der Waals surface area contributed by atoms with Gasteiger partial charge in [0.2, 0.25) is 0 Å². The predicted molar refractivity (Wildman–Crippen MR) is 82.4 cm³/mol. The summed E-state index contributed by atoms with van der Waals surface area (Å²) in [5, 5.41) is 1.47. The Morgan fingerprint density at radius 1 is 1.23 bits per heavy atom. The van der Waals surface area contributed by atoms with Crippen molar-refractivity contribution in [1.29, 1.82) is 0 Å². The summed E-state index contributed by atoms with van der Waals surface area (Å²) >= 11 is 6.29. The molecule has 0 N–H and O–H groups in total. The lowest BCUT2D eigenvalue weighted by Crippen LogP contribution is -2.33. The van der Waals surface area contributed by atoms with Gasteiger partial charge in [-0.25, -0.2) is 4.79 Å². The second-order valence-electron chi connectivity index (χ2n) is 5.72. The maximum absolute atomic E-state index is 12.4. The van der Waals surface area contributed by atoms with Crippen molar-refractivity contribution in [3.05, 3.63) is 41.0 Å². The molecule has 0 radical (unpaired) electrons. The van der Waals surface area contributed by atoms with Crippen LogP contribution in [0.15, 0.2) is 30.5 Å². The van der Waals surface area contributed by atoms with Crippen LogP contribution < -0.4 is 0 Å². The number of hydrogen-bond acceptors (Lipinski definition) is 3. The smallest absolute Gasteiger partial charge is 0.312 e. The first-order valence-corrected chi connectivity index (χ1v) is 7.66. The van der Waals surface area contributed by atoms with Gasteiger partial charge in [0.1, 0.15) is 6.54 Å². The lowest BCUT2D eigenvalue weighted by Gasteiger charge is -2.18. The molecule has 1 aromatic carbocycles. The van der Waals surface area contributed by atoms with Crippen LogP contribution >= 0.6 is 11.6 Å². The van der Waals surface area contributed by atoms with E-state index >= 15 is 0 Å². The minimum absolute atomic E-state index is 0.166. The summed E-state index contributed by atoms with van der Waals surface area (Å²) in [7, 11) is 0. The number of pyridine rings is 1. The molecule has 112 valence electrons. The number of halogens is 1. The van der Waals surface area contributed by atoms with Crippen molar-refractivity contribution in [3.63, 3.8) is 0 Å². The van der Waals surface area contributed by atoms with Gasteiger partial charge in [0.05, 0.1) is 12.1 Å². The predicted octanol–water partition coefficient (Wildman–Crippen LogP) is 2.81. The highest BCUT2D eigenvalue weighted by molar-refractivity contribution is 6.32. The highest BCUT2D eigenvalue weighted by atomic mass is 35.5. The minimum Gasteiger partial charge on any atom is -0.312 e. The zero-order valence-electron chi connectivity index (χ0n) is 11.8. The lowest BCUT2D eigenvalue weighted by atomic mass is 10.1. The van der Waals surface area contributed by atoms with Crippen molar-refractivity contribution in [1.82, 2.24) is 14.8 Å². The topological polar surface area (TPSA) is 53.5 Å². The summed E-state index contributed by atoms with van der Waals surface area (Å²) in [6.45, 7) is 0.355. The second-order valence-corrected chi connectivity index (χ2v) is 6.13. The van der Waals surface area contributed by atoms with E-state index in [9.17, 15) is 9.59 Å². The van der Waals surface area contributed by atoms with Crippen LogP contribution in [0.3, 0.4) is 0 Å². The summed E-state index contributed by atoms with van der Waals surface area (Å²) in [6, 6.07) is 7.48. The SMILES string of the molecule is O=C1CN(C2CC2)C(=O)N1Cc1c(Cl)ccc2cccnc12. The molecule has 1 aliphatic heterocycles. The molecule has 0 unspecified atom stereocenters. The number of carbonyl (C=O) groups is 2. The van der Waals surface area contributed by atoms with Crippen molar-refractivity contribution in [3.8, 4) is 0 Å². The van der Waals surface area contributed by atoms with Gasteiger partial charge in [-0.3, -0.25) is 14.7 Å². The van der Waals surface area contributed by atoms with E-state index in [2.05, 4.69) is 4.98 Å². The molecule has 2 fully saturated rings. The standard InChI is InChI=1S/C16H14ClN3O2/c17-13-6-3-10-2-1-7-18-15(10)12(13)8-20-14(21)9-19(16(20)22)11-4-5-11/h1-3,6-7,11H,4-5,8-9H2. The van der Waals surface area contributed by atoms with Crippen LogP contribution in [0.1, 0.15) is 18.4 Å². The molecule has 2 aromatic rings. The third-order valence-corrected chi connectivity index (χ3v) is 4.56. The molecule has 0 bridgehead atoms. The Morgan fingerprint density at radius 2 is 2.05 bits per heavy atom. The number of imide groups is 1. The maximum Gasteiger partial charge on any atom is 0.327 e. The first-order valence-electron chi connectivity index (χ1n) is 7.28. The maximum atomic E-state index is 12.4. The lowest BCUT2D eigenvalue weighted by molar-refractivity contribution is -0.125. The Labute approximate surface area is 132 Å². The number of carbonyl (C=O) groups excluding carboxylic acids is 2. The van der Waals surface area contributed by atoms with Gasteiger partial charge in [-0.05, 0) is 25.0 Å². The van der Waals surface area contributed by atoms with Crippen molar-refractivity contribution in [2.75, 3.05) is 6.54 Å². The van der Waals surface area contributed by atoms with E-state index in [1.807, 2.05) is 18.2 Å². The number of fused-ring (bicyclic) bond motifs is 1. The van der Waals surface area contributed by atoms with E-state index in [0.717, 1.165) is 29.3 Å². The number of rotatable bonds is 3. The quantitative estimate of drug-likeness (QED) is 0.818. The number of benzene rings is 1. The van der Waals surface area contributed by atoms with Crippen molar-refractivity contribution < 1.29 is 9.59 Å². The number of hydrogen-bond donors (Lipinski definition) is 0. The normalized spacial score (nSPS) is 18.6. The van der Waals surface area contributed by atoms with Crippen LogP contribution in [-0.4, -0.2) is 39.3 Å². The number of aromatic nitrogens is 1. The van der Waals surface area contributed by atoms with Crippen LogP contribution in [0.5, 0.6) is 0 Å². The van der Waals surface area contributed by atoms with Crippen molar-refractivity contribution in [2.45, 2.75) is 25.4 Å². The highest BCUT2D eigenvalue weighted by Gasteiger charge is 2.43. The molecule has 1 saturated carbocycles. The Morgan fingerprint density at radius 3 is 2.82 bits per heavy atom. The van der Waals surface area contributed by atoms with Gasteiger partial charge in [0.25, 0.3) is 5.91 Å². The summed E-state index contributed by atoms with van der Waals surface area (Å²) in [5.41, 5.74) is 1.46. The molecule has 0 atom stereocenters. The van der Waals surface area contributed by atoms with E-state index in [-0.39, 0.29) is 31.1 Å². The first kappa shape index (κ1) is 13.5. The van der Waals surface area contributed by atoms with E-state index in [0.29, 0.717) is 5.02 Å². The minimum atomic E-state index is -0.212. The molecule has 0 spiro atoms. The van der Waals surface area contributed by atoms with Crippen LogP contribution in [-0.2, 0) is 11.3 Å². The fourth-order valence-electron chi connectivity index (χ4n) is 2.88. The van der Waals surface area contributed by atoms with Crippen LogP contribution in [0, 0.1) is 0 Å². The second kappa shape index (κ2) is 4.95. The fraction of sp³-hybridized carbons (Fsp3) is 0.312. The van der Waals surface area contributed by atoms with Gasteiger partial charge in [-0.1, -0.05) is 23.7 Å². The molecule has 3 amide bonds. The third kappa shape index (κ3) is 2.13. The molecular formula is C16H14ClN3O2. The number of amides is 3. The third-order valence-electron chi connectivity index (χ3n) is 4.21. The van der Waals surface area contributed by atoms with E-state index in [1.165, 1.54) is 4.90 Å². The monoisotopic (exact) mass is 315 g/mol. The molecule has 2 heterocycles. The van der Waals surface area contributed by atoms with E-state index < -0.39 is 0 Å². The van der Waals surface area contributed by atoms with Gasteiger partial charge in [-0.15, -0.1) is 0 Å². The summed E-state index contributed by atoms with van der Waals surface area (Å²) in [6.07, 6.45) is 3.67. The van der Waals surface area contributed by atoms with Gasteiger partial charge >= 0.3 is 6.03 Å².